The van der Waals surface area contributed by atoms with Crippen LogP contribution in [0.1, 0.15) is 10.9 Å². The molecule has 1 aromatic heterocycles. The van der Waals surface area contributed by atoms with Gasteiger partial charge in [0.15, 0.2) is 0 Å². The maximum atomic E-state index is 13.9. The third-order valence-electron chi connectivity index (χ3n) is 3.01. The normalized spacial score (nSPS) is 18.6. The SMILES string of the molecule is O=C1CS[C@@H](c2cccnc2)N1c1ccc(F)cc1F. The fraction of sp³-hybridized carbons (Fsp3) is 0.143. The average molecular weight is 292 g/mol. The summed E-state index contributed by atoms with van der Waals surface area (Å²) in [5.41, 5.74) is 0.905. The summed E-state index contributed by atoms with van der Waals surface area (Å²) >= 11 is 1.40. The van der Waals surface area contributed by atoms with E-state index in [0.29, 0.717) is 0 Å². The molecular weight excluding hydrogens is 282 g/mol. The van der Waals surface area contributed by atoms with Gasteiger partial charge in [-0.15, -0.1) is 11.8 Å². The summed E-state index contributed by atoms with van der Waals surface area (Å²) in [5.74, 6) is -1.34. The number of pyridine rings is 1. The molecular formula is C14H10F2N2OS. The van der Waals surface area contributed by atoms with Gasteiger partial charge in [0.25, 0.3) is 0 Å². The summed E-state index contributed by atoms with van der Waals surface area (Å²) in [4.78, 5) is 17.4. The molecule has 3 rings (SSSR count). The Labute approximate surface area is 118 Å². The molecule has 1 amide bonds. The first-order valence-corrected chi connectivity index (χ1v) is 7.00. The van der Waals surface area contributed by atoms with Crippen LogP contribution < -0.4 is 4.90 Å². The number of benzene rings is 1. The summed E-state index contributed by atoms with van der Waals surface area (Å²) < 4.78 is 26.9. The topological polar surface area (TPSA) is 33.2 Å². The maximum Gasteiger partial charge on any atom is 0.238 e. The fourth-order valence-electron chi connectivity index (χ4n) is 2.13. The van der Waals surface area contributed by atoms with Crippen LogP contribution in [0, 0.1) is 11.6 Å². The van der Waals surface area contributed by atoms with Crippen LogP contribution in [-0.4, -0.2) is 16.6 Å². The number of carbonyl (C=O) groups is 1. The maximum absolute atomic E-state index is 13.9. The van der Waals surface area contributed by atoms with Crippen molar-refractivity contribution in [3.8, 4) is 0 Å². The van der Waals surface area contributed by atoms with Gasteiger partial charge in [-0.05, 0) is 18.2 Å². The highest BCUT2D eigenvalue weighted by Crippen LogP contribution is 2.42. The van der Waals surface area contributed by atoms with E-state index in [0.717, 1.165) is 17.7 Å². The molecule has 0 aliphatic carbocycles. The van der Waals surface area contributed by atoms with Gasteiger partial charge in [-0.2, -0.15) is 0 Å². The van der Waals surface area contributed by atoms with Gasteiger partial charge in [0.2, 0.25) is 5.91 Å². The van der Waals surface area contributed by atoms with E-state index in [4.69, 9.17) is 0 Å². The number of hydrogen-bond donors (Lipinski definition) is 0. The second-order valence-electron chi connectivity index (χ2n) is 4.31. The van der Waals surface area contributed by atoms with Crippen LogP contribution in [0.3, 0.4) is 0 Å². The van der Waals surface area contributed by atoms with Crippen molar-refractivity contribution in [2.45, 2.75) is 5.37 Å². The molecule has 1 aliphatic rings. The predicted molar refractivity (Wildman–Crippen MR) is 73.3 cm³/mol. The Kier molecular flexibility index (Phi) is 3.40. The average Bonchev–Trinajstić information content (AvgIpc) is 2.82. The number of anilines is 1. The lowest BCUT2D eigenvalue weighted by Crippen LogP contribution is -2.28. The van der Waals surface area contributed by atoms with E-state index in [1.54, 1.807) is 18.5 Å². The van der Waals surface area contributed by atoms with Crippen molar-refractivity contribution >= 4 is 23.4 Å². The van der Waals surface area contributed by atoms with Crippen LogP contribution in [-0.2, 0) is 4.79 Å². The zero-order chi connectivity index (χ0) is 14.1. The Hall–Kier alpha value is -1.95. The lowest BCUT2D eigenvalue weighted by molar-refractivity contribution is -0.115. The molecule has 102 valence electrons. The van der Waals surface area contributed by atoms with Crippen molar-refractivity contribution in [3.63, 3.8) is 0 Å². The first-order valence-electron chi connectivity index (χ1n) is 5.95. The number of nitrogens with zero attached hydrogens (tertiary/aromatic N) is 2. The standard InChI is InChI=1S/C14H10F2N2OS/c15-10-3-4-12(11(16)6-10)18-13(19)8-20-14(18)9-2-1-5-17-7-9/h1-7,14H,8H2/t14-/m0/s1. The largest absolute Gasteiger partial charge is 0.292 e. The first-order chi connectivity index (χ1) is 9.66. The van der Waals surface area contributed by atoms with Crippen LogP contribution in [0.15, 0.2) is 42.7 Å². The molecule has 6 heteroatoms. The Morgan fingerprint density at radius 1 is 1.30 bits per heavy atom. The van der Waals surface area contributed by atoms with Gasteiger partial charge >= 0.3 is 0 Å². The number of rotatable bonds is 2. The molecule has 1 aromatic carbocycles. The number of aromatic nitrogens is 1. The van der Waals surface area contributed by atoms with Crippen LogP contribution in [0.2, 0.25) is 0 Å². The van der Waals surface area contributed by atoms with Crippen molar-refractivity contribution in [3.05, 3.63) is 59.9 Å². The zero-order valence-corrected chi connectivity index (χ0v) is 11.1. The zero-order valence-electron chi connectivity index (χ0n) is 10.3. The van der Waals surface area contributed by atoms with Crippen molar-refractivity contribution in [1.82, 2.24) is 4.98 Å². The Balaban J connectivity index is 2.03. The van der Waals surface area contributed by atoms with Crippen LogP contribution >= 0.6 is 11.8 Å². The highest BCUT2D eigenvalue weighted by Gasteiger charge is 2.35. The summed E-state index contributed by atoms with van der Waals surface area (Å²) in [6, 6.07) is 6.81. The number of halogens is 2. The minimum absolute atomic E-state index is 0.0928. The van der Waals surface area contributed by atoms with Gasteiger partial charge < -0.3 is 0 Å². The molecule has 2 heterocycles. The molecule has 1 atom stereocenters. The lowest BCUT2D eigenvalue weighted by atomic mass is 10.2. The highest BCUT2D eigenvalue weighted by molar-refractivity contribution is 8.00. The van der Waals surface area contributed by atoms with Crippen LogP contribution in [0.25, 0.3) is 0 Å². The van der Waals surface area contributed by atoms with Crippen molar-refractivity contribution in [2.75, 3.05) is 10.7 Å². The van der Waals surface area contributed by atoms with E-state index in [1.165, 1.54) is 22.7 Å². The Morgan fingerprint density at radius 2 is 2.15 bits per heavy atom. The van der Waals surface area contributed by atoms with Crippen molar-refractivity contribution in [1.29, 1.82) is 0 Å². The van der Waals surface area contributed by atoms with E-state index < -0.39 is 11.6 Å². The van der Waals surface area contributed by atoms with E-state index in [2.05, 4.69) is 4.98 Å². The van der Waals surface area contributed by atoms with Gasteiger partial charge in [0.1, 0.15) is 17.0 Å². The lowest BCUT2D eigenvalue weighted by Gasteiger charge is -2.24. The summed E-state index contributed by atoms with van der Waals surface area (Å²) in [6.45, 7) is 0. The molecule has 0 unspecified atom stereocenters. The number of amides is 1. The molecule has 1 aliphatic heterocycles. The Morgan fingerprint density at radius 3 is 2.85 bits per heavy atom. The Bertz CT molecular complexity index is 651. The monoisotopic (exact) mass is 292 g/mol. The molecule has 0 saturated carbocycles. The molecule has 0 N–H and O–H groups in total. The fourth-order valence-corrected chi connectivity index (χ4v) is 3.28. The van der Waals surface area contributed by atoms with Gasteiger partial charge in [0.05, 0.1) is 11.4 Å². The minimum Gasteiger partial charge on any atom is -0.292 e. The quantitative estimate of drug-likeness (QED) is 0.852. The van der Waals surface area contributed by atoms with E-state index in [1.807, 2.05) is 6.07 Å². The third-order valence-corrected chi connectivity index (χ3v) is 4.22. The van der Waals surface area contributed by atoms with E-state index in [-0.39, 0.29) is 22.7 Å². The van der Waals surface area contributed by atoms with Crippen molar-refractivity contribution in [2.24, 2.45) is 0 Å². The predicted octanol–water partition coefficient (Wildman–Crippen LogP) is 3.14. The number of hydrogen-bond acceptors (Lipinski definition) is 3. The van der Waals surface area contributed by atoms with Gasteiger partial charge in [-0.1, -0.05) is 6.07 Å². The second kappa shape index (κ2) is 5.20. The minimum atomic E-state index is -0.741. The summed E-state index contributed by atoms with van der Waals surface area (Å²) in [5, 5.41) is -0.337. The summed E-state index contributed by atoms with van der Waals surface area (Å²) in [7, 11) is 0. The molecule has 0 spiro atoms. The highest BCUT2D eigenvalue weighted by atomic mass is 32.2. The van der Waals surface area contributed by atoms with Gasteiger partial charge in [-0.3, -0.25) is 14.7 Å². The molecule has 0 radical (unpaired) electrons. The van der Waals surface area contributed by atoms with E-state index >= 15 is 0 Å². The smallest absolute Gasteiger partial charge is 0.238 e. The first kappa shape index (κ1) is 13.1. The molecule has 2 aromatic rings. The number of carbonyl (C=O) groups excluding carboxylic acids is 1. The van der Waals surface area contributed by atoms with Crippen LogP contribution in [0.5, 0.6) is 0 Å². The van der Waals surface area contributed by atoms with Gasteiger partial charge in [-0.25, -0.2) is 8.78 Å². The molecule has 1 saturated heterocycles. The molecule has 1 fully saturated rings. The van der Waals surface area contributed by atoms with Crippen molar-refractivity contribution < 1.29 is 13.6 Å². The second-order valence-corrected chi connectivity index (χ2v) is 5.38. The molecule has 3 nitrogen and oxygen atoms in total. The number of thioether (sulfide) groups is 1. The summed E-state index contributed by atoms with van der Waals surface area (Å²) in [6.07, 6.45) is 3.28. The third kappa shape index (κ3) is 2.27. The molecule has 20 heavy (non-hydrogen) atoms. The van der Waals surface area contributed by atoms with Gasteiger partial charge in [0, 0.05) is 24.0 Å². The van der Waals surface area contributed by atoms with E-state index in [9.17, 15) is 13.6 Å². The molecule has 0 bridgehead atoms. The van der Waals surface area contributed by atoms with Crippen LogP contribution in [0.4, 0.5) is 14.5 Å².